The maximum atomic E-state index is 11.3. The van der Waals surface area contributed by atoms with Crippen molar-refractivity contribution in [3.63, 3.8) is 0 Å². The fourth-order valence-corrected chi connectivity index (χ4v) is 3.20. The van der Waals surface area contributed by atoms with Crippen LogP contribution in [0.5, 0.6) is 0 Å². The van der Waals surface area contributed by atoms with Crippen LogP contribution >= 0.6 is 11.3 Å². The standard InChI is InChI=1S/C14H22N2O2S/c1-4-16(8-10-6-5-7-10)13-15-11(9-19-13)14(2,3)12(17)18/h9-10H,4-8H2,1-3H3,(H,17,18). The van der Waals surface area contributed by atoms with E-state index in [-0.39, 0.29) is 0 Å². The summed E-state index contributed by atoms with van der Waals surface area (Å²) < 4.78 is 0. The normalized spacial score (nSPS) is 16.2. The van der Waals surface area contributed by atoms with Crippen molar-refractivity contribution in [2.75, 3.05) is 18.0 Å². The highest BCUT2D eigenvalue weighted by Gasteiger charge is 2.32. The number of thiazole rings is 1. The second-order valence-electron chi connectivity index (χ2n) is 5.78. The van der Waals surface area contributed by atoms with Gasteiger partial charge in [0.1, 0.15) is 5.41 Å². The van der Waals surface area contributed by atoms with Crippen molar-refractivity contribution in [3.8, 4) is 0 Å². The van der Waals surface area contributed by atoms with E-state index in [4.69, 9.17) is 0 Å². The number of hydrogen-bond acceptors (Lipinski definition) is 4. The molecule has 106 valence electrons. The van der Waals surface area contributed by atoms with Crippen molar-refractivity contribution >= 4 is 22.4 Å². The van der Waals surface area contributed by atoms with Crippen molar-refractivity contribution in [1.82, 2.24) is 4.98 Å². The summed E-state index contributed by atoms with van der Waals surface area (Å²) in [4.78, 5) is 18.1. The van der Waals surface area contributed by atoms with Crippen LogP contribution in [0.2, 0.25) is 0 Å². The first kappa shape index (κ1) is 14.3. The van der Waals surface area contributed by atoms with Crippen molar-refractivity contribution in [2.45, 2.75) is 45.4 Å². The van der Waals surface area contributed by atoms with Gasteiger partial charge < -0.3 is 10.0 Å². The topological polar surface area (TPSA) is 53.4 Å². The van der Waals surface area contributed by atoms with E-state index in [9.17, 15) is 9.90 Å². The molecule has 19 heavy (non-hydrogen) atoms. The van der Waals surface area contributed by atoms with Crippen LogP contribution in [0.4, 0.5) is 5.13 Å². The predicted octanol–water partition coefficient (Wildman–Crippen LogP) is 3.13. The zero-order valence-electron chi connectivity index (χ0n) is 11.8. The van der Waals surface area contributed by atoms with Crippen LogP contribution in [0.25, 0.3) is 0 Å². The summed E-state index contributed by atoms with van der Waals surface area (Å²) in [5, 5.41) is 12.1. The average Bonchev–Trinajstić information content (AvgIpc) is 2.77. The molecule has 1 fully saturated rings. The van der Waals surface area contributed by atoms with E-state index >= 15 is 0 Å². The monoisotopic (exact) mass is 282 g/mol. The highest BCUT2D eigenvalue weighted by molar-refractivity contribution is 7.13. The lowest BCUT2D eigenvalue weighted by atomic mass is 9.85. The van der Waals surface area contributed by atoms with Gasteiger partial charge in [0.15, 0.2) is 5.13 Å². The van der Waals surface area contributed by atoms with Gasteiger partial charge in [-0.2, -0.15) is 0 Å². The number of carbonyl (C=O) groups is 1. The Hall–Kier alpha value is -1.10. The summed E-state index contributed by atoms with van der Waals surface area (Å²) in [7, 11) is 0. The number of rotatable bonds is 6. The summed E-state index contributed by atoms with van der Waals surface area (Å²) in [5.74, 6) is -0.0359. The van der Waals surface area contributed by atoms with E-state index in [2.05, 4.69) is 16.8 Å². The Labute approximate surface area is 118 Å². The lowest BCUT2D eigenvalue weighted by Crippen LogP contribution is -2.33. The Morgan fingerprint density at radius 3 is 2.74 bits per heavy atom. The Morgan fingerprint density at radius 1 is 1.58 bits per heavy atom. The van der Waals surface area contributed by atoms with Crippen molar-refractivity contribution < 1.29 is 9.90 Å². The minimum Gasteiger partial charge on any atom is -0.481 e. The minimum atomic E-state index is -0.912. The summed E-state index contributed by atoms with van der Waals surface area (Å²) in [6, 6.07) is 0. The summed E-state index contributed by atoms with van der Waals surface area (Å²) in [5.41, 5.74) is -0.253. The van der Waals surface area contributed by atoms with Gasteiger partial charge in [-0.25, -0.2) is 4.98 Å². The number of hydrogen-bond donors (Lipinski definition) is 1. The van der Waals surface area contributed by atoms with Crippen LogP contribution in [-0.4, -0.2) is 29.1 Å². The number of carboxylic acids is 1. The number of aromatic nitrogens is 1. The van der Waals surface area contributed by atoms with E-state index in [1.54, 1.807) is 25.2 Å². The molecule has 0 atom stereocenters. The molecular weight excluding hydrogens is 260 g/mol. The van der Waals surface area contributed by atoms with Crippen molar-refractivity contribution in [1.29, 1.82) is 0 Å². The van der Waals surface area contributed by atoms with Crippen molar-refractivity contribution in [3.05, 3.63) is 11.1 Å². The Kier molecular flexibility index (Phi) is 4.13. The molecule has 1 aromatic heterocycles. The molecule has 1 aliphatic rings. The highest BCUT2D eigenvalue weighted by atomic mass is 32.1. The van der Waals surface area contributed by atoms with Crippen LogP contribution in [0.3, 0.4) is 0 Å². The molecule has 4 nitrogen and oxygen atoms in total. The molecule has 1 heterocycles. The van der Waals surface area contributed by atoms with Gasteiger partial charge in [0, 0.05) is 18.5 Å². The molecule has 0 spiro atoms. The number of aliphatic carboxylic acids is 1. The second-order valence-corrected chi connectivity index (χ2v) is 6.62. The van der Waals surface area contributed by atoms with Gasteiger partial charge in [0.2, 0.25) is 0 Å². The summed E-state index contributed by atoms with van der Waals surface area (Å²) in [6.45, 7) is 7.52. The van der Waals surface area contributed by atoms with Crippen molar-refractivity contribution in [2.24, 2.45) is 5.92 Å². The third-order valence-electron chi connectivity index (χ3n) is 4.02. The molecule has 1 saturated carbocycles. The number of anilines is 1. The number of carboxylic acid groups (broad SMARTS) is 1. The molecule has 0 unspecified atom stereocenters. The molecule has 0 radical (unpaired) electrons. The van der Waals surface area contributed by atoms with E-state index in [1.165, 1.54) is 19.3 Å². The molecule has 0 aliphatic heterocycles. The van der Waals surface area contributed by atoms with Gasteiger partial charge in [-0.1, -0.05) is 6.42 Å². The average molecular weight is 282 g/mol. The Morgan fingerprint density at radius 2 is 2.26 bits per heavy atom. The van der Waals surface area contributed by atoms with Gasteiger partial charge in [-0.05, 0) is 39.5 Å². The SMILES string of the molecule is CCN(CC1CCC1)c1nc(C(C)(C)C(=O)O)cs1. The first-order chi connectivity index (χ1) is 8.95. The van der Waals surface area contributed by atoms with Crippen LogP contribution in [0.15, 0.2) is 5.38 Å². The third kappa shape index (κ3) is 2.91. The molecule has 1 aromatic rings. The van der Waals surface area contributed by atoms with E-state index in [1.807, 2.05) is 5.38 Å². The van der Waals surface area contributed by atoms with Gasteiger partial charge in [-0.3, -0.25) is 4.79 Å². The Balaban J connectivity index is 2.12. The fraction of sp³-hybridized carbons (Fsp3) is 0.714. The van der Waals surface area contributed by atoms with Crippen LogP contribution in [-0.2, 0) is 10.2 Å². The van der Waals surface area contributed by atoms with Gasteiger partial charge in [-0.15, -0.1) is 11.3 Å². The van der Waals surface area contributed by atoms with Crippen LogP contribution < -0.4 is 4.90 Å². The molecule has 2 rings (SSSR count). The predicted molar refractivity (Wildman–Crippen MR) is 78.0 cm³/mol. The molecule has 1 aliphatic carbocycles. The molecule has 0 aromatic carbocycles. The zero-order valence-corrected chi connectivity index (χ0v) is 12.7. The highest BCUT2D eigenvalue weighted by Crippen LogP contribution is 2.32. The van der Waals surface area contributed by atoms with Gasteiger partial charge >= 0.3 is 5.97 Å². The molecule has 1 N–H and O–H groups in total. The molecule has 5 heteroatoms. The fourth-order valence-electron chi connectivity index (χ4n) is 2.14. The quantitative estimate of drug-likeness (QED) is 0.871. The van der Waals surface area contributed by atoms with Gasteiger partial charge in [0.25, 0.3) is 0 Å². The summed E-state index contributed by atoms with van der Waals surface area (Å²) in [6.07, 6.45) is 3.97. The Bertz CT molecular complexity index is 452. The zero-order chi connectivity index (χ0) is 14.0. The van der Waals surface area contributed by atoms with E-state index in [0.717, 1.165) is 24.1 Å². The minimum absolute atomic E-state index is 0.659. The maximum absolute atomic E-state index is 11.3. The molecule has 0 amide bonds. The number of nitrogens with zero attached hydrogens (tertiary/aromatic N) is 2. The van der Waals surface area contributed by atoms with E-state index in [0.29, 0.717) is 5.69 Å². The smallest absolute Gasteiger partial charge is 0.315 e. The van der Waals surface area contributed by atoms with E-state index < -0.39 is 11.4 Å². The second kappa shape index (κ2) is 5.49. The maximum Gasteiger partial charge on any atom is 0.315 e. The summed E-state index contributed by atoms with van der Waals surface area (Å²) >= 11 is 1.55. The van der Waals surface area contributed by atoms with Gasteiger partial charge in [0.05, 0.1) is 5.69 Å². The largest absolute Gasteiger partial charge is 0.481 e. The van der Waals surface area contributed by atoms with Crippen LogP contribution in [0, 0.1) is 5.92 Å². The first-order valence-electron chi connectivity index (χ1n) is 6.89. The molecular formula is C14H22N2O2S. The first-order valence-corrected chi connectivity index (χ1v) is 7.77. The molecule has 0 saturated heterocycles. The third-order valence-corrected chi connectivity index (χ3v) is 4.92. The lowest BCUT2D eigenvalue weighted by molar-refractivity contribution is -0.142. The molecule has 0 bridgehead atoms. The van der Waals surface area contributed by atoms with Crippen LogP contribution in [0.1, 0.15) is 45.7 Å². The lowest BCUT2D eigenvalue weighted by Gasteiger charge is -2.31.